The number of rotatable bonds is 3. The Morgan fingerprint density at radius 1 is 1.39 bits per heavy atom. The number of hydrogen-bond acceptors (Lipinski definition) is 4. The number of carbonyl (C=O) groups is 2. The van der Waals surface area contributed by atoms with Gasteiger partial charge in [0.15, 0.2) is 0 Å². The lowest BCUT2D eigenvalue weighted by molar-refractivity contribution is -0.148. The summed E-state index contributed by atoms with van der Waals surface area (Å²) in [7, 11) is 0. The minimum Gasteiger partial charge on any atom is -0.481 e. The minimum atomic E-state index is -0.980. The van der Waals surface area contributed by atoms with E-state index in [9.17, 15) is 14.7 Å². The van der Waals surface area contributed by atoms with Crippen LogP contribution in [0, 0.1) is 12.3 Å². The summed E-state index contributed by atoms with van der Waals surface area (Å²) in [5.74, 6) is -0.884. The van der Waals surface area contributed by atoms with Crippen molar-refractivity contribution in [1.82, 2.24) is 9.88 Å². The van der Waals surface area contributed by atoms with Crippen LogP contribution in [0.1, 0.15) is 38.3 Å². The van der Waals surface area contributed by atoms with Gasteiger partial charge in [-0.1, -0.05) is 6.07 Å². The van der Waals surface area contributed by atoms with Crippen LogP contribution in [0.3, 0.4) is 0 Å². The molecule has 2 rings (SSSR count). The lowest BCUT2D eigenvalue weighted by Gasteiger charge is -2.27. The van der Waals surface area contributed by atoms with Crippen molar-refractivity contribution in [2.24, 2.45) is 5.41 Å². The fourth-order valence-electron chi connectivity index (χ4n) is 2.85. The number of hydrogen-bond donors (Lipinski definition) is 1. The van der Waals surface area contributed by atoms with E-state index in [1.54, 1.807) is 33.2 Å². The van der Waals surface area contributed by atoms with E-state index >= 15 is 0 Å². The molecular formula is C17H24N2O4. The van der Waals surface area contributed by atoms with E-state index in [2.05, 4.69) is 4.98 Å². The standard InChI is InChI=1S/C17H24N2O4/c1-12-7-13(10-18-9-12)8-17(14(20)21)5-6-19(11-17)15(22)23-16(2,3)4/h7,9-10H,5-6,8,11H2,1-4H3,(H,20,21). The van der Waals surface area contributed by atoms with Gasteiger partial charge in [-0.25, -0.2) is 4.79 Å². The Kier molecular flexibility index (Phi) is 4.63. The second kappa shape index (κ2) is 6.18. The third kappa shape index (κ3) is 4.21. The summed E-state index contributed by atoms with van der Waals surface area (Å²) >= 11 is 0. The molecule has 0 aliphatic carbocycles. The third-order valence-corrected chi connectivity index (χ3v) is 3.93. The van der Waals surface area contributed by atoms with Crippen molar-refractivity contribution >= 4 is 12.1 Å². The van der Waals surface area contributed by atoms with Gasteiger partial charge >= 0.3 is 12.1 Å². The predicted octanol–water partition coefficient (Wildman–Crippen LogP) is 2.64. The van der Waals surface area contributed by atoms with Crippen molar-refractivity contribution in [2.75, 3.05) is 13.1 Å². The van der Waals surface area contributed by atoms with Crippen molar-refractivity contribution in [1.29, 1.82) is 0 Å². The van der Waals surface area contributed by atoms with Crippen molar-refractivity contribution < 1.29 is 19.4 Å². The fraction of sp³-hybridized carbons (Fsp3) is 0.588. The normalized spacial score (nSPS) is 21.3. The Bertz CT molecular complexity index is 609. The molecule has 1 aliphatic rings. The van der Waals surface area contributed by atoms with E-state index in [-0.39, 0.29) is 6.54 Å². The molecular weight excluding hydrogens is 296 g/mol. The molecule has 0 bridgehead atoms. The molecule has 0 saturated carbocycles. The number of carboxylic acid groups (broad SMARTS) is 1. The Balaban J connectivity index is 2.14. The number of aliphatic carboxylic acids is 1. The summed E-state index contributed by atoms with van der Waals surface area (Å²) < 4.78 is 5.35. The summed E-state index contributed by atoms with van der Waals surface area (Å²) in [6, 6.07) is 1.94. The van der Waals surface area contributed by atoms with Crippen LogP contribution in [-0.2, 0) is 16.0 Å². The molecule has 1 fully saturated rings. The zero-order chi connectivity index (χ0) is 17.3. The molecule has 1 saturated heterocycles. The molecule has 1 atom stereocenters. The van der Waals surface area contributed by atoms with E-state index in [4.69, 9.17) is 4.74 Å². The largest absolute Gasteiger partial charge is 0.481 e. The van der Waals surface area contributed by atoms with Gasteiger partial charge in [0.2, 0.25) is 0 Å². The molecule has 1 N–H and O–H groups in total. The van der Waals surface area contributed by atoms with Crippen LogP contribution in [-0.4, -0.2) is 45.7 Å². The maximum atomic E-state index is 12.2. The molecule has 126 valence electrons. The van der Waals surface area contributed by atoms with Gasteiger partial charge in [-0.05, 0) is 51.7 Å². The van der Waals surface area contributed by atoms with E-state index in [0.717, 1.165) is 11.1 Å². The second-order valence-corrected chi connectivity index (χ2v) is 7.28. The number of aryl methyl sites for hydroxylation is 1. The van der Waals surface area contributed by atoms with Crippen molar-refractivity contribution in [3.8, 4) is 0 Å². The zero-order valence-electron chi connectivity index (χ0n) is 14.1. The fourth-order valence-corrected chi connectivity index (χ4v) is 2.85. The average Bonchev–Trinajstić information content (AvgIpc) is 2.82. The lowest BCUT2D eigenvalue weighted by atomic mass is 9.81. The molecule has 6 heteroatoms. The average molecular weight is 320 g/mol. The summed E-state index contributed by atoms with van der Waals surface area (Å²) in [5.41, 5.74) is 0.293. The van der Waals surface area contributed by atoms with E-state index in [1.165, 1.54) is 4.90 Å². The van der Waals surface area contributed by atoms with Crippen LogP contribution in [0.4, 0.5) is 4.79 Å². The van der Waals surface area contributed by atoms with Gasteiger partial charge in [-0.3, -0.25) is 9.78 Å². The van der Waals surface area contributed by atoms with Crippen LogP contribution in [0.25, 0.3) is 0 Å². The van der Waals surface area contributed by atoms with Crippen LogP contribution >= 0.6 is 0 Å². The van der Waals surface area contributed by atoms with Gasteiger partial charge in [0.05, 0.1) is 5.41 Å². The maximum absolute atomic E-state index is 12.2. The number of aromatic nitrogens is 1. The van der Waals surface area contributed by atoms with Gasteiger partial charge in [-0.2, -0.15) is 0 Å². The summed E-state index contributed by atoms with van der Waals surface area (Å²) in [4.78, 5) is 29.7. The summed E-state index contributed by atoms with van der Waals surface area (Å²) in [5, 5.41) is 9.73. The van der Waals surface area contributed by atoms with E-state index < -0.39 is 23.1 Å². The number of amides is 1. The van der Waals surface area contributed by atoms with Crippen molar-refractivity contribution in [2.45, 2.75) is 46.1 Å². The van der Waals surface area contributed by atoms with E-state index in [1.807, 2.05) is 13.0 Å². The number of carbonyl (C=O) groups excluding carboxylic acids is 1. The predicted molar refractivity (Wildman–Crippen MR) is 85.2 cm³/mol. The van der Waals surface area contributed by atoms with Crippen LogP contribution in [0.15, 0.2) is 18.5 Å². The highest BCUT2D eigenvalue weighted by molar-refractivity contribution is 5.78. The molecule has 1 aromatic heterocycles. The van der Waals surface area contributed by atoms with E-state index in [0.29, 0.717) is 19.4 Å². The number of ether oxygens (including phenoxy) is 1. The molecule has 1 aromatic rings. The molecule has 0 radical (unpaired) electrons. The first-order valence-corrected chi connectivity index (χ1v) is 7.73. The van der Waals surface area contributed by atoms with Gasteiger partial charge in [0, 0.05) is 25.5 Å². The quantitative estimate of drug-likeness (QED) is 0.926. The third-order valence-electron chi connectivity index (χ3n) is 3.93. The monoisotopic (exact) mass is 320 g/mol. The summed E-state index contributed by atoms with van der Waals surface area (Å²) in [6.07, 6.45) is 3.74. The van der Waals surface area contributed by atoms with Gasteiger partial charge in [-0.15, -0.1) is 0 Å². The first-order valence-electron chi connectivity index (χ1n) is 7.73. The van der Waals surface area contributed by atoms with Crippen molar-refractivity contribution in [3.63, 3.8) is 0 Å². The summed E-state index contributed by atoms with van der Waals surface area (Å²) in [6.45, 7) is 7.86. The van der Waals surface area contributed by atoms with Gasteiger partial charge in [0.1, 0.15) is 5.60 Å². The first kappa shape index (κ1) is 17.2. The zero-order valence-corrected chi connectivity index (χ0v) is 14.1. The lowest BCUT2D eigenvalue weighted by Crippen LogP contribution is -2.40. The number of pyridine rings is 1. The van der Waals surface area contributed by atoms with Gasteiger partial charge < -0.3 is 14.7 Å². The molecule has 0 aromatic carbocycles. The molecule has 2 heterocycles. The second-order valence-electron chi connectivity index (χ2n) is 7.28. The highest BCUT2D eigenvalue weighted by Gasteiger charge is 2.47. The van der Waals surface area contributed by atoms with Crippen LogP contribution < -0.4 is 0 Å². The Morgan fingerprint density at radius 2 is 2.09 bits per heavy atom. The molecule has 23 heavy (non-hydrogen) atoms. The molecule has 0 spiro atoms. The highest BCUT2D eigenvalue weighted by Crippen LogP contribution is 2.35. The molecule has 6 nitrogen and oxygen atoms in total. The van der Waals surface area contributed by atoms with Crippen molar-refractivity contribution in [3.05, 3.63) is 29.6 Å². The molecule has 1 aliphatic heterocycles. The molecule has 1 amide bonds. The number of likely N-dealkylation sites (tertiary alicyclic amines) is 1. The molecule has 1 unspecified atom stereocenters. The highest BCUT2D eigenvalue weighted by atomic mass is 16.6. The maximum Gasteiger partial charge on any atom is 0.410 e. The van der Waals surface area contributed by atoms with Crippen LogP contribution in [0.5, 0.6) is 0 Å². The Hall–Kier alpha value is -2.11. The topological polar surface area (TPSA) is 79.7 Å². The van der Waals surface area contributed by atoms with Crippen LogP contribution in [0.2, 0.25) is 0 Å². The Morgan fingerprint density at radius 3 is 2.65 bits per heavy atom. The number of nitrogens with zero attached hydrogens (tertiary/aromatic N) is 2. The Labute approximate surface area is 136 Å². The smallest absolute Gasteiger partial charge is 0.410 e. The first-order chi connectivity index (χ1) is 10.6. The van der Waals surface area contributed by atoms with Gasteiger partial charge in [0.25, 0.3) is 0 Å². The number of carboxylic acids is 1. The SMILES string of the molecule is Cc1cncc(CC2(C(=O)O)CCN(C(=O)OC(C)(C)C)C2)c1. The minimum absolute atomic E-state index is 0.158.